The second kappa shape index (κ2) is 9.04. The fourth-order valence-electron chi connectivity index (χ4n) is 3.21. The molecule has 0 heterocycles. The van der Waals surface area contributed by atoms with Crippen molar-refractivity contribution in [2.75, 3.05) is 18.4 Å². The number of anilines is 1. The van der Waals surface area contributed by atoms with E-state index in [0.29, 0.717) is 6.54 Å². The summed E-state index contributed by atoms with van der Waals surface area (Å²) in [4.78, 5) is 26.5. The van der Waals surface area contributed by atoms with Crippen molar-refractivity contribution in [3.8, 4) is 0 Å². The van der Waals surface area contributed by atoms with Crippen LogP contribution < -0.4 is 11.1 Å². The normalized spacial score (nSPS) is 19.5. The molecule has 5 nitrogen and oxygen atoms in total. The van der Waals surface area contributed by atoms with Gasteiger partial charge in [-0.25, -0.2) is 0 Å². The topological polar surface area (TPSA) is 75.4 Å². The molecular weight excluding hydrogens is 326 g/mol. The Balaban J connectivity index is 0.00000288. The number of benzene rings is 1. The Morgan fingerprint density at radius 3 is 2.38 bits per heavy atom. The maximum Gasteiger partial charge on any atom is 0.244 e. The molecule has 2 rings (SSSR count). The lowest BCUT2D eigenvalue weighted by Gasteiger charge is -2.24. The van der Waals surface area contributed by atoms with Crippen molar-refractivity contribution >= 4 is 29.9 Å². The van der Waals surface area contributed by atoms with Gasteiger partial charge in [0.25, 0.3) is 0 Å². The fourth-order valence-corrected chi connectivity index (χ4v) is 3.21. The molecule has 1 aromatic rings. The number of para-hydroxylation sites is 1. The minimum absolute atomic E-state index is 0. The van der Waals surface area contributed by atoms with Crippen molar-refractivity contribution in [3.63, 3.8) is 0 Å². The number of likely N-dealkylation sites (N-methyl/N-ethyl adjacent to an activating group) is 1. The number of nitrogens with zero attached hydrogens (tertiary/aromatic N) is 1. The molecular formula is C18H28ClN3O2. The largest absolute Gasteiger partial charge is 0.333 e. The van der Waals surface area contributed by atoms with Gasteiger partial charge in [0.15, 0.2) is 0 Å². The minimum atomic E-state index is -0.153. The summed E-state index contributed by atoms with van der Waals surface area (Å²) < 4.78 is 0. The minimum Gasteiger partial charge on any atom is -0.333 e. The van der Waals surface area contributed by atoms with E-state index in [1.807, 2.05) is 39.0 Å². The highest BCUT2D eigenvalue weighted by molar-refractivity contribution is 5.96. The van der Waals surface area contributed by atoms with Gasteiger partial charge >= 0.3 is 0 Å². The second-order valence-corrected chi connectivity index (χ2v) is 6.44. The number of hydrogen-bond donors (Lipinski definition) is 2. The quantitative estimate of drug-likeness (QED) is 0.854. The van der Waals surface area contributed by atoms with Gasteiger partial charge in [0.05, 0.1) is 6.54 Å². The molecule has 24 heavy (non-hydrogen) atoms. The SMILES string of the molecule is CCN(CC(=O)Nc1c(C)cccc1C)C(=O)C1CCC(N)C1.Cl. The summed E-state index contributed by atoms with van der Waals surface area (Å²) in [6.45, 7) is 6.45. The van der Waals surface area contributed by atoms with Crippen LogP contribution in [0.1, 0.15) is 37.3 Å². The molecule has 0 radical (unpaired) electrons. The summed E-state index contributed by atoms with van der Waals surface area (Å²) in [6.07, 6.45) is 2.45. The zero-order valence-corrected chi connectivity index (χ0v) is 15.5. The first kappa shape index (κ1) is 20.5. The molecule has 0 aromatic heterocycles. The first-order chi connectivity index (χ1) is 10.9. The number of hydrogen-bond acceptors (Lipinski definition) is 3. The summed E-state index contributed by atoms with van der Waals surface area (Å²) in [7, 11) is 0. The van der Waals surface area contributed by atoms with Crippen LogP contribution in [0.4, 0.5) is 5.69 Å². The van der Waals surface area contributed by atoms with Gasteiger partial charge in [0, 0.05) is 24.2 Å². The van der Waals surface area contributed by atoms with Crippen molar-refractivity contribution < 1.29 is 9.59 Å². The van der Waals surface area contributed by atoms with Crippen LogP contribution in [0.3, 0.4) is 0 Å². The lowest BCUT2D eigenvalue weighted by Crippen LogP contribution is -2.41. The van der Waals surface area contributed by atoms with E-state index in [9.17, 15) is 9.59 Å². The van der Waals surface area contributed by atoms with Crippen LogP contribution in [0.2, 0.25) is 0 Å². The smallest absolute Gasteiger partial charge is 0.244 e. The number of nitrogens with one attached hydrogen (secondary N) is 1. The van der Waals surface area contributed by atoms with Crippen LogP contribution in [0.15, 0.2) is 18.2 Å². The van der Waals surface area contributed by atoms with E-state index in [1.165, 1.54) is 0 Å². The molecule has 2 atom stereocenters. The highest BCUT2D eigenvalue weighted by Crippen LogP contribution is 2.26. The second-order valence-electron chi connectivity index (χ2n) is 6.44. The Labute approximate surface area is 150 Å². The van der Waals surface area contributed by atoms with Crippen LogP contribution in [-0.2, 0) is 9.59 Å². The Hall–Kier alpha value is -1.59. The van der Waals surface area contributed by atoms with Gasteiger partial charge in [-0.05, 0) is 51.2 Å². The third-order valence-electron chi connectivity index (χ3n) is 4.60. The summed E-state index contributed by atoms with van der Waals surface area (Å²) in [5, 5.41) is 2.94. The van der Waals surface area contributed by atoms with E-state index >= 15 is 0 Å². The first-order valence-corrected chi connectivity index (χ1v) is 8.32. The molecule has 1 saturated carbocycles. The first-order valence-electron chi connectivity index (χ1n) is 8.32. The van der Waals surface area contributed by atoms with Crippen LogP contribution in [0.5, 0.6) is 0 Å². The summed E-state index contributed by atoms with van der Waals surface area (Å²) in [6, 6.07) is 6.01. The molecule has 0 saturated heterocycles. The molecule has 2 amide bonds. The molecule has 6 heteroatoms. The molecule has 1 aromatic carbocycles. The van der Waals surface area contributed by atoms with Gasteiger partial charge in [-0.2, -0.15) is 0 Å². The van der Waals surface area contributed by atoms with Crippen molar-refractivity contribution in [2.24, 2.45) is 11.7 Å². The lowest BCUT2D eigenvalue weighted by atomic mass is 10.1. The Bertz CT molecular complexity index is 571. The number of nitrogens with two attached hydrogens (primary N) is 1. The molecule has 1 fully saturated rings. The van der Waals surface area contributed by atoms with Crippen LogP contribution in [-0.4, -0.2) is 35.8 Å². The number of carbonyl (C=O) groups excluding carboxylic acids is 2. The molecule has 2 unspecified atom stereocenters. The zero-order valence-electron chi connectivity index (χ0n) is 14.7. The van der Waals surface area contributed by atoms with Crippen molar-refractivity contribution in [1.82, 2.24) is 4.90 Å². The highest BCUT2D eigenvalue weighted by Gasteiger charge is 2.31. The van der Waals surface area contributed by atoms with E-state index in [4.69, 9.17) is 5.73 Å². The number of aryl methyl sites for hydroxylation is 2. The van der Waals surface area contributed by atoms with E-state index in [-0.39, 0.29) is 42.7 Å². The summed E-state index contributed by atoms with van der Waals surface area (Å²) in [5.41, 5.74) is 8.77. The maximum absolute atomic E-state index is 12.5. The van der Waals surface area contributed by atoms with Crippen LogP contribution in [0, 0.1) is 19.8 Å². The summed E-state index contributed by atoms with van der Waals surface area (Å²) in [5.74, 6) is -0.130. The van der Waals surface area contributed by atoms with E-state index in [2.05, 4.69) is 5.32 Å². The predicted octanol–water partition coefficient (Wildman–Crippen LogP) is 2.64. The lowest BCUT2D eigenvalue weighted by molar-refractivity contribution is -0.138. The van der Waals surface area contributed by atoms with E-state index in [0.717, 1.165) is 36.1 Å². The molecule has 1 aliphatic carbocycles. The average Bonchev–Trinajstić information content (AvgIpc) is 2.94. The van der Waals surface area contributed by atoms with Gasteiger partial charge in [0.1, 0.15) is 0 Å². The number of amides is 2. The molecule has 134 valence electrons. The Kier molecular flexibility index (Phi) is 7.70. The number of rotatable bonds is 5. The van der Waals surface area contributed by atoms with Crippen molar-refractivity contribution in [3.05, 3.63) is 29.3 Å². The molecule has 0 spiro atoms. The number of carbonyl (C=O) groups is 2. The van der Waals surface area contributed by atoms with Gasteiger partial charge in [-0.1, -0.05) is 18.2 Å². The van der Waals surface area contributed by atoms with E-state index in [1.54, 1.807) is 4.90 Å². The van der Waals surface area contributed by atoms with Crippen LogP contribution >= 0.6 is 12.4 Å². The average molecular weight is 354 g/mol. The van der Waals surface area contributed by atoms with Crippen molar-refractivity contribution in [1.29, 1.82) is 0 Å². The predicted molar refractivity (Wildman–Crippen MR) is 99.4 cm³/mol. The van der Waals surface area contributed by atoms with E-state index < -0.39 is 0 Å². The van der Waals surface area contributed by atoms with Crippen LogP contribution in [0.25, 0.3) is 0 Å². The Morgan fingerprint density at radius 2 is 1.88 bits per heavy atom. The molecule has 0 bridgehead atoms. The summed E-state index contributed by atoms with van der Waals surface area (Å²) >= 11 is 0. The standard InChI is InChI=1S/C18H27N3O2.ClH/c1-4-21(18(23)14-8-9-15(19)10-14)11-16(22)20-17-12(2)6-5-7-13(17)3;/h5-7,14-15H,4,8-11,19H2,1-3H3,(H,20,22);1H. The molecule has 1 aliphatic rings. The van der Waals surface area contributed by atoms with Crippen molar-refractivity contribution in [2.45, 2.75) is 46.1 Å². The number of halogens is 1. The third kappa shape index (κ3) is 4.95. The highest BCUT2D eigenvalue weighted by atomic mass is 35.5. The third-order valence-corrected chi connectivity index (χ3v) is 4.60. The monoisotopic (exact) mass is 353 g/mol. The van der Waals surface area contributed by atoms with Gasteiger partial charge in [-0.15, -0.1) is 12.4 Å². The maximum atomic E-state index is 12.5. The van der Waals surface area contributed by atoms with Gasteiger partial charge in [0.2, 0.25) is 11.8 Å². The fraction of sp³-hybridized carbons (Fsp3) is 0.556. The Morgan fingerprint density at radius 1 is 1.25 bits per heavy atom. The molecule has 0 aliphatic heterocycles. The van der Waals surface area contributed by atoms with Gasteiger partial charge in [-0.3, -0.25) is 9.59 Å². The van der Waals surface area contributed by atoms with Gasteiger partial charge < -0.3 is 16.0 Å². The zero-order chi connectivity index (χ0) is 17.0. The molecule has 3 N–H and O–H groups in total.